The number of benzene rings is 1. The number of carbonyl (C=O) groups excluding carboxylic acids is 2. The molecule has 2 aromatic rings. The highest BCUT2D eigenvalue weighted by molar-refractivity contribution is 6.00. The molecule has 8 nitrogen and oxygen atoms in total. The van der Waals surface area contributed by atoms with E-state index in [1.54, 1.807) is 0 Å². The number of nitrogens with one attached hydrogen (secondary N) is 1. The van der Waals surface area contributed by atoms with Crippen LogP contribution in [0.1, 0.15) is 10.4 Å². The summed E-state index contributed by atoms with van der Waals surface area (Å²) in [6.07, 6.45) is 1.12. The highest BCUT2D eigenvalue weighted by Crippen LogP contribution is 2.19. The number of H-pyrrole nitrogens is 1. The largest absolute Gasteiger partial charge is 0.496 e. The maximum Gasteiger partial charge on any atom is 0.328 e. The molecule has 1 aromatic heterocycles. The zero-order valence-electron chi connectivity index (χ0n) is 12.6. The summed E-state index contributed by atoms with van der Waals surface area (Å²) in [5, 5.41) is 0. The molecule has 0 radical (unpaired) electrons. The van der Waals surface area contributed by atoms with Gasteiger partial charge in [0, 0.05) is 12.3 Å². The second-order valence-corrected chi connectivity index (χ2v) is 4.67. The van der Waals surface area contributed by atoms with Gasteiger partial charge in [-0.25, -0.2) is 9.18 Å². The number of ketones is 1. The molecule has 0 aliphatic rings. The van der Waals surface area contributed by atoms with Gasteiger partial charge in [0.2, 0.25) is 5.78 Å². The topological polar surface area (TPSA) is 107 Å². The molecule has 0 fully saturated rings. The van der Waals surface area contributed by atoms with Gasteiger partial charge in [0.25, 0.3) is 5.56 Å². The number of rotatable bonds is 6. The lowest BCUT2D eigenvalue weighted by atomic mass is 10.1. The van der Waals surface area contributed by atoms with Crippen molar-refractivity contribution in [2.75, 3.05) is 13.7 Å². The Bertz CT molecular complexity index is 886. The monoisotopic (exact) mass is 336 g/mol. The molecule has 24 heavy (non-hydrogen) atoms. The van der Waals surface area contributed by atoms with Crippen LogP contribution in [0.2, 0.25) is 0 Å². The Hall–Kier alpha value is -3.23. The minimum Gasteiger partial charge on any atom is -0.496 e. The summed E-state index contributed by atoms with van der Waals surface area (Å²) in [6.45, 7) is -1.13. The molecule has 0 bridgehead atoms. The molecule has 0 aliphatic heterocycles. The van der Waals surface area contributed by atoms with Crippen molar-refractivity contribution in [3.8, 4) is 5.75 Å². The first-order valence-electron chi connectivity index (χ1n) is 6.73. The number of hydrogen-bond donors (Lipinski definition) is 1. The lowest BCUT2D eigenvalue weighted by Crippen LogP contribution is -2.31. The van der Waals surface area contributed by atoms with E-state index < -0.39 is 42.0 Å². The summed E-state index contributed by atoms with van der Waals surface area (Å²) in [7, 11) is 1.32. The van der Waals surface area contributed by atoms with Crippen molar-refractivity contribution in [2.24, 2.45) is 0 Å². The Labute approximate surface area is 134 Å². The highest BCUT2D eigenvalue weighted by atomic mass is 19.1. The maximum absolute atomic E-state index is 13.2. The number of ether oxygens (including phenoxy) is 2. The fourth-order valence-electron chi connectivity index (χ4n) is 1.88. The van der Waals surface area contributed by atoms with Gasteiger partial charge < -0.3 is 9.47 Å². The minimum atomic E-state index is -0.868. The van der Waals surface area contributed by atoms with Gasteiger partial charge in [0.15, 0.2) is 6.61 Å². The van der Waals surface area contributed by atoms with Gasteiger partial charge in [-0.15, -0.1) is 0 Å². The van der Waals surface area contributed by atoms with Gasteiger partial charge in [-0.3, -0.25) is 23.9 Å². The van der Waals surface area contributed by atoms with E-state index in [-0.39, 0.29) is 11.3 Å². The average Bonchev–Trinajstić information content (AvgIpc) is 2.55. The van der Waals surface area contributed by atoms with E-state index in [9.17, 15) is 23.6 Å². The van der Waals surface area contributed by atoms with Crippen LogP contribution >= 0.6 is 0 Å². The van der Waals surface area contributed by atoms with Crippen LogP contribution < -0.4 is 16.0 Å². The predicted molar refractivity (Wildman–Crippen MR) is 79.6 cm³/mol. The Morgan fingerprint density at radius 3 is 2.67 bits per heavy atom. The summed E-state index contributed by atoms with van der Waals surface area (Å²) in [4.78, 5) is 48.0. The summed E-state index contributed by atoms with van der Waals surface area (Å²) in [5.41, 5.74) is -1.44. The Morgan fingerprint density at radius 2 is 2.00 bits per heavy atom. The lowest BCUT2D eigenvalue weighted by molar-refractivity contribution is -0.143. The fourth-order valence-corrected chi connectivity index (χ4v) is 1.88. The van der Waals surface area contributed by atoms with Gasteiger partial charge in [-0.1, -0.05) is 0 Å². The number of esters is 1. The van der Waals surface area contributed by atoms with Gasteiger partial charge in [-0.2, -0.15) is 0 Å². The molecule has 0 saturated carbocycles. The molecule has 0 unspecified atom stereocenters. The van der Waals surface area contributed by atoms with E-state index in [0.717, 1.165) is 29.0 Å². The molecule has 0 atom stereocenters. The van der Waals surface area contributed by atoms with Gasteiger partial charge >= 0.3 is 11.7 Å². The quantitative estimate of drug-likeness (QED) is 0.593. The molecule has 0 aliphatic carbocycles. The van der Waals surface area contributed by atoms with E-state index in [0.29, 0.717) is 0 Å². The number of hydrogen-bond acceptors (Lipinski definition) is 6. The molecule has 126 valence electrons. The minimum absolute atomic E-state index is 0.0634. The molecule has 9 heteroatoms. The van der Waals surface area contributed by atoms with Crippen molar-refractivity contribution in [1.82, 2.24) is 9.55 Å². The summed E-state index contributed by atoms with van der Waals surface area (Å²) >= 11 is 0. The Morgan fingerprint density at radius 1 is 1.25 bits per heavy atom. The Balaban J connectivity index is 2.01. The van der Waals surface area contributed by atoms with Crippen LogP contribution in [0.15, 0.2) is 40.1 Å². The molecule has 1 heterocycles. The lowest BCUT2D eigenvalue weighted by Gasteiger charge is -2.09. The molecule has 0 saturated heterocycles. The van der Waals surface area contributed by atoms with Crippen molar-refractivity contribution in [1.29, 1.82) is 0 Å². The van der Waals surface area contributed by atoms with E-state index in [1.165, 1.54) is 13.2 Å². The molecular weight excluding hydrogens is 323 g/mol. The van der Waals surface area contributed by atoms with Crippen LogP contribution in [0.4, 0.5) is 4.39 Å². The summed E-state index contributed by atoms with van der Waals surface area (Å²) in [6, 6.07) is 4.45. The standard InChI is InChI=1S/C15H13FN2O6/c1-23-12-3-2-9(16)6-10(12)11(19)8-24-14(21)7-18-5-4-13(20)17-15(18)22/h2-6H,7-8H2,1H3,(H,17,20,22). The third kappa shape index (κ3) is 4.15. The normalized spacial score (nSPS) is 10.2. The molecule has 0 amide bonds. The second-order valence-electron chi connectivity index (χ2n) is 4.67. The highest BCUT2D eigenvalue weighted by Gasteiger charge is 2.16. The zero-order chi connectivity index (χ0) is 17.7. The van der Waals surface area contributed by atoms with Crippen molar-refractivity contribution >= 4 is 11.8 Å². The Kier molecular flexibility index (Phi) is 5.25. The van der Waals surface area contributed by atoms with E-state index in [4.69, 9.17) is 9.47 Å². The molecule has 2 rings (SSSR count). The van der Waals surface area contributed by atoms with Crippen molar-refractivity contribution in [2.45, 2.75) is 6.54 Å². The van der Waals surface area contributed by atoms with Crippen LogP contribution in [0.5, 0.6) is 5.75 Å². The van der Waals surface area contributed by atoms with Crippen molar-refractivity contribution in [3.05, 3.63) is 62.7 Å². The van der Waals surface area contributed by atoms with Crippen LogP contribution in [0.3, 0.4) is 0 Å². The van der Waals surface area contributed by atoms with Crippen LogP contribution in [-0.4, -0.2) is 35.0 Å². The maximum atomic E-state index is 13.2. The smallest absolute Gasteiger partial charge is 0.328 e. The summed E-state index contributed by atoms with van der Waals surface area (Å²) < 4.78 is 23.9. The van der Waals surface area contributed by atoms with Crippen LogP contribution in [0, 0.1) is 5.82 Å². The van der Waals surface area contributed by atoms with Gasteiger partial charge in [0.05, 0.1) is 12.7 Å². The third-order valence-corrected chi connectivity index (χ3v) is 3.02. The third-order valence-electron chi connectivity index (χ3n) is 3.02. The van der Waals surface area contributed by atoms with E-state index >= 15 is 0 Å². The number of methoxy groups -OCH3 is 1. The van der Waals surface area contributed by atoms with E-state index in [1.807, 2.05) is 4.98 Å². The molecule has 0 spiro atoms. The first kappa shape index (κ1) is 17.1. The average molecular weight is 336 g/mol. The van der Waals surface area contributed by atoms with Crippen LogP contribution in [0.25, 0.3) is 0 Å². The molecular formula is C15H13FN2O6. The number of carbonyl (C=O) groups is 2. The SMILES string of the molecule is COc1ccc(F)cc1C(=O)COC(=O)Cn1ccc(=O)[nH]c1=O. The number of nitrogens with zero attached hydrogens (tertiary/aromatic N) is 1. The summed E-state index contributed by atoms with van der Waals surface area (Å²) in [5.74, 6) is -2.01. The van der Waals surface area contributed by atoms with Crippen LogP contribution in [-0.2, 0) is 16.1 Å². The number of aromatic amines is 1. The molecule has 1 aromatic carbocycles. The second kappa shape index (κ2) is 7.36. The number of halogens is 1. The van der Waals surface area contributed by atoms with E-state index in [2.05, 4.69) is 0 Å². The predicted octanol–water partition coefficient (Wildman–Crippen LogP) is 0.110. The van der Waals surface area contributed by atoms with Gasteiger partial charge in [0.1, 0.15) is 18.1 Å². The number of Topliss-reactive ketones (excluding diaryl/α,β-unsaturated/α-hetero) is 1. The fraction of sp³-hybridized carbons (Fsp3) is 0.200. The van der Waals surface area contributed by atoms with Gasteiger partial charge in [-0.05, 0) is 18.2 Å². The first-order valence-corrected chi connectivity index (χ1v) is 6.73. The zero-order valence-corrected chi connectivity index (χ0v) is 12.6. The van der Waals surface area contributed by atoms with Crippen molar-refractivity contribution < 1.29 is 23.5 Å². The number of aromatic nitrogens is 2. The molecule has 1 N–H and O–H groups in total. The van der Waals surface area contributed by atoms with Crippen molar-refractivity contribution in [3.63, 3.8) is 0 Å². The first-order chi connectivity index (χ1) is 11.4.